The lowest BCUT2D eigenvalue weighted by atomic mass is 10.1. The summed E-state index contributed by atoms with van der Waals surface area (Å²) in [6, 6.07) is 19.3. The highest BCUT2D eigenvalue weighted by Gasteiger charge is 2.36. The number of carbonyl (C=O) groups excluding carboxylic acids is 4. The molecule has 0 bridgehead atoms. The van der Waals surface area contributed by atoms with Crippen LogP contribution in [0.2, 0.25) is 0 Å². The first-order chi connectivity index (χ1) is 15.5. The quantitative estimate of drug-likeness (QED) is 0.434. The summed E-state index contributed by atoms with van der Waals surface area (Å²) in [6.45, 7) is 2.02. The van der Waals surface area contributed by atoms with Crippen LogP contribution in [0.1, 0.15) is 53.9 Å². The Labute approximate surface area is 184 Å². The molecule has 1 aliphatic heterocycles. The summed E-state index contributed by atoms with van der Waals surface area (Å²) in [4.78, 5) is 50.6. The molecule has 0 atom stereocenters. The van der Waals surface area contributed by atoms with Crippen molar-refractivity contribution in [3.63, 3.8) is 0 Å². The number of rotatable bonds is 6. The van der Waals surface area contributed by atoms with Crippen LogP contribution in [0.5, 0.6) is 0 Å². The minimum Gasteiger partial charge on any atom is -0.462 e. The first-order valence-electron chi connectivity index (χ1n) is 10.0. The smallest absolute Gasteiger partial charge is 0.338 e. The van der Waals surface area contributed by atoms with E-state index in [2.05, 4.69) is 0 Å². The number of fused-ring (bicyclic) bond motifs is 1. The topological polar surface area (TPSA) is 90.0 Å². The molecule has 0 N–H and O–H groups in total. The Balaban J connectivity index is 1.45. The van der Waals surface area contributed by atoms with E-state index < -0.39 is 23.8 Å². The van der Waals surface area contributed by atoms with Gasteiger partial charge in [0.2, 0.25) is 0 Å². The summed E-state index contributed by atoms with van der Waals surface area (Å²) < 4.78 is 10.3. The van der Waals surface area contributed by atoms with Gasteiger partial charge in [-0.25, -0.2) is 14.5 Å². The third kappa shape index (κ3) is 4.00. The van der Waals surface area contributed by atoms with Crippen molar-refractivity contribution in [2.75, 3.05) is 11.5 Å². The number of nitrogens with zero attached hydrogens (tertiary/aromatic N) is 1. The monoisotopic (exact) mass is 429 g/mol. The van der Waals surface area contributed by atoms with Crippen LogP contribution in [0.3, 0.4) is 0 Å². The maximum atomic E-state index is 12.7. The Hall–Kier alpha value is -4.26. The summed E-state index contributed by atoms with van der Waals surface area (Å²) in [7, 11) is 0. The highest BCUT2D eigenvalue weighted by Crippen LogP contribution is 2.28. The fourth-order valence-corrected chi connectivity index (χ4v) is 3.38. The number of ether oxygens (including phenoxy) is 2. The van der Waals surface area contributed by atoms with Crippen molar-refractivity contribution < 1.29 is 28.7 Å². The van der Waals surface area contributed by atoms with Gasteiger partial charge in [0, 0.05) is 0 Å². The summed E-state index contributed by atoms with van der Waals surface area (Å²) >= 11 is 0. The highest BCUT2D eigenvalue weighted by atomic mass is 16.5. The third-order valence-electron chi connectivity index (χ3n) is 4.97. The first-order valence-corrected chi connectivity index (χ1v) is 10.0. The van der Waals surface area contributed by atoms with Crippen molar-refractivity contribution in [3.8, 4) is 0 Å². The lowest BCUT2D eigenvalue weighted by molar-refractivity contribution is 0.0469. The SMILES string of the molecule is CCOC(=O)c1ccc(COC(=O)c2cccc(N3C(=O)c4ccccc4C3=O)c2)cc1. The van der Waals surface area contributed by atoms with E-state index in [4.69, 9.17) is 9.47 Å². The fraction of sp³-hybridized carbons (Fsp3) is 0.120. The molecule has 3 aromatic rings. The Morgan fingerprint density at radius 3 is 2.00 bits per heavy atom. The van der Waals surface area contributed by atoms with E-state index in [1.54, 1.807) is 73.7 Å². The van der Waals surface area contributed by atoms with E-state index >= 15 is 0 Å². The van der Waals surface area contributed by atoms with E-state index in [1.807, 2.05) is 0 Å². The molecule has 0 saturated heterocycles. The molecule has 0 aromatic heterocycles. The molecule has 0 saturated carbocycles. The number of imide groups is 1. The van der Waals surface area contributed by atoms with Gasteiger partial charge in [0.15, 0.2) is 0 Å². The molecule has 1 heterocycles. The zero-order valence-corrected chi connectivity index (χ0v) is 17.2. The second kappa shape index (κ2) is 8.85. The van der Waals surface area contributed by atoms with Crippen molar-refractivity contribution >= 4 is 29.4 Å². The number of hydrogen-bond donors (Lipinski definition) is 0. The molecule has 160 valence electrons. The summed E-state index contributed by atoms with van der Waals surface area (Å²) in [5.74, 6) is -1.88. The molecular formula is C25H19NO6. The molecule has 0 radical (unpaired) electrons. The Bertz CT molecular complexity index is 1180. The Kier molecular flexibility index (Phi) is 5.81. The van der Waals surface area contributed by atoms with Crippen LogP contribution in [0.25, 0.3) is 0 Å². The van der Waals surface area contributed by atoms with Crippen LogP contribution >= 0.6 is 0 Å². The van der Waals surface area contributed by atoms with Gasteiger partial charge in [-0.05, 0) is 55.0 Å². The van der Waals surface area contributed by atoms with Crippen LogP contribution in [-0.4, -0.2) is 30.4 Å². The number of anilines is 1. The van der Waals surface area contributed by atoms with Crippen LogP contribution in [-0.2, 0) is 16.1 Å². The van der Waals surface area contributed by atoms with Gasteiger partial charge in [-0.2, -0.15) is 0 Å². The van der Waals surface area contributed by atoms with Gasteiger partial charge in [0.25, 0.3) is 11.8 Å². The fourth-order valence-electron chi connectivity index (χ4n) is 3.38. The minimum absolute atomic E-state index is 0.000810. The molecule has 1 aliphatic rings. The average molecular weight is 429 g/mol. The molecule has 0 spiro atoms. The second-order valence-electron chi connectivity index (χ2n) is 7.04. The van der Waals surface area contributed by atoms with Crippen molar-refractivity contribution in [3.05, 3.63) is 101 Å². The summed E-state index contributed by atoms with van der Waals surface area (Å²) in [5, 5.41) is 0. The molecule has 0 unspecified atom stereocenters. The van der Waals surface area contributed by atoms with E-state index in [0.29, 0.717) is 27.9 Å². The maximum Gasteiger partial charge on any atom is 0.338 e. The van der Waals surface area contributed by atoms with E-state index in [-0.39, 0.29) is 18.8 Å². The molecule has 7 heteroatoms. The summed E-state index contributed by atoms with van der Waals surface area (Å²) in [5.41, 5.74) is 2.28. The number of benzene rings is 3. The predicted octanol–water partition coefficient (Wildman–Crippen LogP) is 4.02. The third-order valence-corrected chi connectivity index (χ3v) is 4.97. The van der Waals surface area contributed by atoms with Crippen molar-refractivity contribution in [1.82, 2.24) is 0 Å². The molecule has 3 aromatic carbocycles. The Morgan fingerprint density at radius 2 is 1.38 bits per heavy atom. The first kappa shape index (κ1) is 21.0. The van der Waals surface area contributed by atoms with Gasteiger partial charge < -0.3 is 9.47 Å². The van der Waals surface area contributed by atoms with E-state index in [1.165, 1.54) is 6.07 Å². The van der Waals surface area contributed by atoms with Gasteiger partial charge >= 0.3 is 11.9 Å². The lowest BCUT2D eigenvalue weighted by Crippen LogP contribution is -2.29. The molecular weight excluding hydrogens is 410 g/mol. The van der Waals surface area contributed by atoms with Crippen LogP contribution in [0.15, 0.2) is 72.8 Å². The standard InChI is InChI=1S/C25H19NO6/c1-2-31-24(29)17-12-10-16(11-13-17)15-32-25(30)18-6-5-7-19(14-18)26-22(27)20-8-3-4-9-21(20)23(26)28/h3-14H,2,15H2,1H3. The second-order valence-corrected chi connectivity index (χ2v) is 7.04. The van der Waals surface area contributed by atoms with Gasteiger partial charge in [-0.3, -0.25) is 9.59 Å². The van der Waals surface area contributed by atoms with Crippen molar-refractivity contribution in [2.24, 2.45) is 0 Å². The van der Waals surface area contributed by atoms with Crippen molar-refractivity contribution in [1.29, 1.82) is 0 Å². The predicted molar refractivity (Wildman–Crippen MR) is 116 cm³/mol. The van der Waals surface area contributed by atoms with Gasteiger partial charge in [0.1, 0.15) is 6.61 Å². The molecule has 4 rings (SSSR count). The highest BCUT2D eigenvalue weighted by molar-refractivity contribution is 6.34. The maximum absolute atomic E-state index is 12.7. The largest absolute Gasteiger partial charge is 0.462 e. The number of hydrogen-bond acceptors (Lipinski definition) is 6. The van der Waals surface area contributed by atoms with Gasteiger partial charge in [0.05, 0.1) is 34.5 Å². The zero-order valence-electron chi connectivity index (χ0n) is 17.2. The van der Waals surface area contributed by atoms with Gasteiger partial charge in [-0.15, -0.1) is 0 Å². The van der Waals surface area contributed by atoms with Crippen LogP contribution < -0.4 is 4.90 Å². The zero-order chi connectivity index (χ0) is 22.7. The van der Waals surface area contributed by atoms with Crippen molar-refractivity contribution in [2.45, 2.75) is 13.5 Å². The normalized spacial score (nSPS) is 12.5. The minimum atomic E-state index is -0.599. The average Bonchev–Trinajstić information content (AvgIpc) is 3.08. The van der Waals surface area contributed by atoms with Crippen LogP contribution in [0, 0.1) is 0 Å². The number of amides is 2. The molecule has 2 amide bonds. The lowest BCUT2D eigenvalue weighted by Gasteiger charge is -2.15. The van der Waals surface area contributed by atoms with Crippen LogP contribution in [0.4, 0.5) is 5.69 Å². The molecule has 32 heavy (non-hydrogen) atoms. The molecule has 7 nitrogen and oxygen atoms in total. The number of carbonyl (C=O) groups is 4. The van der Waals surface area contributed by atoms with E-state index in [9.17, 15) is 19.2 Å². The summed E-state index contributed by atoms with van der Waals surface area (Å²) in [6.07, 6.45) is 0. The van der Waals surface area contributed by atoms with E-state index in [0.717, 1.165) is 4.90 Å². The number of esters is 2. The van der Waals surface area contributed by atoms with Gasteiger partial charge in [-0.1, -0.05) is 30.3 Å². The molecule has 0 aliphatic carbocycles. The molecule has 0 fully saturated rings. The Morgan fingerprint density at radius 1 is 0.750 bits per heavy atom.